The summed E-state index contributed by atoms with van der Waals surface area (Å²) in [6.07, 6.45) is 0.737. The van der Waals surface area contributed by atoms with Gasteiger partial charge in [-0.2, -0.15) is 0 Å². The van der Waals surface area contributed by atoms with Gasteiger partial charge in [-0.05, 0) is 48.3 Å². The molecule has 2 N–H and O–H groups in total. The molecule has 0 spiro atoms. The molecule has 0 saturated heterocycles. The monoisotopic (exact) mass is 380 g/mol. The van der Waals surface area contributed by atoms with Crippen molar-refractivity contribution in [3.63, 3.8) is 0 Å². The predicted octanol–water partition coefficient (Wildman–Crippen LogP) is 2.50. The molecule has 21 heavy (non-hydrogen) atoms. The Morgan fingerprint density at radius 3 is 2.43 bits per heavy atom. The number of amides is 1. The van der Waals surface area contributed by atoms with Gasteiger partial charge in [-0.1, -0.05) is 6.92 Å². The van der Waals surface area contributed by atoms with Crippen LogP contribution in [0, 0.1) is 5.82 Å². The largest absolute Gasteiger partial charge is 0.336 e. The third kappa shape index (κ3) is 4.02. The molecule has 0 aromatic heterocycles. The third-order valence-corrected chi connectivity index (χ3v) is 5.28. The van der Waals surface area contributed by atoms with Crippen LogP contribution in [0.3, 0.4) is 0 Å². The van der Waals surface area contributed by atoms with E-state index in [9.17, 15) is 17.6 Å². The third-order valence-electron chi connectivity index (χ3n) is 3.27. The molecule has 0 aliphatic carbocycles. The first-order chi connectivity index (χ1) is 9.63. The van der Waals surface area contributed by atoms with E-state index in [1.807, 2.05) is 13.8 Å². The number of sulfonamides is 1. The number of nitrogens with two attached hydrogens (primary N) is 1. The minimum Gasteiger partial charge on any atom is -0.336 e. The SMILES string of the molecule is CCC(C)N(CC)C(=O)c1cc(F)c(Br)c(S(N)(=O)=O)c1. The Labute approximate surface area is 132 Å². The predicted molar refractivity (Wildman–Crippen MR) is 81.9 cm³/mol. The average Bonchev–Trinajstić information content (AvgIpc) is 2.40. The number of hydrogen-bond acceptors (Lipinski definition) is 3. The van der Waals surface area contributed by atoms with E-state index in [-0.39, 0.29) is 16.1 Å². The van der Waals surface area contributed by atoms with Crippen LogP contribution in [0.1, 0.15) is 37.6 Å². The van der Waals surface area contributed by atoms with Crippen LogP contribution in [0.5, 0.6) is 0 Å². The van der Waals surface area contributed by atoms with Crippen molar-refractivity contribution in [2.24, 2.45) is 5.14 Å². The van der Waals surface area contributed by atoms with Crippen LogP contribution in [-0.2, 0) is 10.0 Å². The normalized spacial score (nSPS) is 13.0. The van der Waals surface area contributed by atoms with Crippen molar-refractivity contribution in [3.8, 4) is 0 Å². The second-order valence-electron chi connectivity index (χ2n) is 4.66. The van der Waals surface area contributed by atoms with Gasteiger partial charge in [0.05, 0.1) is 9.37 Å². The first kappa shape index (κ1) is 18.1. The van der Waals surface area contributed by atoms with E-state index in [1.165, 1.54) is 0 Å². The Hall–Kier alpha value is -0.990. The minimum atomic E-state index is -4.13. The van der Waals surface area contributed by atoms with Crippen molar-refractivity contribution in [1.29, 1.82) is 0 Å². The molecule has 1 atom stereocenters. The summed E-state index contributed by atoms with van der Waals surface area (Å²) >= 11 is 2.84. The van der Waals surface area contributed by atoms with Gasteiger partial charge in [0.15, 0.2) is 0 Å². The summed E-state index contributed by atoms with van der Waals surface area (Å²) in [7, 11) is -4.13. The van der Waals surface area contributed by atoms with Crippen molar-refractivity contribution in [2.75, 3.05) is 6.54 Å². The van der Waals surface area contributed by atoms with Gasteiger partial charge in [0, 0.05) is 18.2 Å². The summed E-state index contributed by atoms with van der Waals surface area (Å²) in [4.78, 5) is 13.5. The van der Waals surface area contributed by atoms with E-state index >= 15 is 0 Å². The minimum absolute atomic E-state index is 0.0351. The lowest BCUT2D eigenvalue weighted by atomic mass is 10.1. The Kier molecular flexibility index (Phi) is 5.89. The fourth-order valence-corrected chi connectivity index (χ4v) is 3.48. The van der Waals surface area contributed by atoms with Crippen LogP contribution >= 0.6 is 15.9 Å². The second kappa shape index (κ2) is 6.85. The smallest absolute Gasteiger partial charge is 0.254 e. The van der Waals surface area contributed by atoms with Crippen molar-refractivity contribution in [3.05, 3.63) is 28.0 Å². The molecule has 118 valence electrons. The maximum Gasteiger partial charge on any atom is 0.254 e. The lowest BCUT2D eigenvalue weighted by Gasteiger charge is -2.27. The maximum absolute atomic E-state index is 13.8. The van der Waals surface area contributed by atoms with Crippen LogP contribution in [0.4, 0.5) is 4.39 Å². The first-order valence-corrected chi connectivity index (χ1v) is 8.80. The molecule has 0 radical (unpaired) electrons. The van der Waals surface area contributed by atoms with Gasteiger partial charge >= 0.3 is 0 Å². The van der Waals surface area contributed by atoms with E-state index in [2.05, 4.69) is 15.9 Å². The molecule has 1 aromatic carbocycles. The zero-order valence-corrected chi connectivity index (χ0v) is 14.5. The van der Waals surface area contributed by atoms with Crippen LogP contribution < -0.4 is 5.14 Å². The molecular formula is C13H18BrFN2O3S. The summed E-state index contributed by atoms with van der Waals surface area (Å²) in [5.74, 6) is -1.27. The number of nitrogens with zero attached hydrogens (tertiary/aromatic N) is 1. The average molecular weight is 381 g/mol. The molecule has 1 amide bonds. The quantitative estimate of drug-likeness (QED) is 0.851. The van der Waals surface area contributed by atoms with Crippen LogP contribution in [-0.4, -0.2) is 31.8 Å². The molecule has 1 unspecified atom stereocenters. The number of carbonyl (C=O) groups excluding carboxylic acids is 1. The zero-order chi connectivity index (χ0) is 16.4. The van der Waals surface area contributed by atoms with Gasteiger partial charge in [-0.25, -0.2) is 17.9 Å². The summed E-state index contributed by atoms with van der Waals surface area (Å²) in [6, 6.07) is 2.06. The molecule has 5 nitrogen and oxygen atoms in total. The number of rotatable bonds is 5. The molecule has 0 aliphatic rings. The van der Waals surface area contributed by atoms with Gasteiger partial charge in [-0.3, -0.25) is 4.79 Å². The summed E-state index contributed by atoms with van der Waals surface area (Å²) < 4.78 is 36.5. The van der Waals surface area contributed by atoms with Gasteiger partial charge < -0.3 is 4.90 Å². The summed E-state index contributed by atoms with van der Waals surface area (Å²) in [5.41, 5.74) is -0.0399. The Morgan fingerprint density at radius 1 is 1.43 bits per heavy atom. The van der Waals surface area contributed by atoms with E-state index < -0.39 is 26.6 Å². The topological polar surface area (TPSA) is 80.5 Å². The summed E-state index contributed by atoms with van der Waals surface area (Å²) in [6.45, 7) is 6.05. The second-order valence-corrected chi connectivity index (χ2v) is 6.99. The molecular weight excluding hydrogens is 363 g/mol. The van der Waals surface area contributed by atoms with Gasteiger partial charge in [-0.15, -0.1) is 0 Å². The maximum atomic E-state index is 13.8. The number of carbonyl (C=O) groups is 1. The Morgan fingerprint density at radius 2 is 2.00 bits per heavy atom. The molecule has 0 aliphatic heterocycles. The highest BCUT2D eigenvalue weighted by molar-refractivity contribution is 9.10. The van der Waals surface area contributed by atoms with E-state index in [1.54, 1.807) is 11.8 Å². The van der Waals surface area contributed by atoms with Gasteiger partial charge in [0.25, 0.3) is 5.91 Å². The fourth-order valence-electron chi connectivity index (χ4n) is 1.94. The van der Waals surface area contributed by atoms with E-state index in [4.69, 9.17) is 5.14 Å². The Balaban J connectivity index is 3.38. The molecule has 0 fully saturated rings. The molecule has 1 aromatic rings. The highest BCUT2D eigenvalue weighted by Gasteiger charge is 2.24. The number of primary sulfonamides is 1. The molecule has 0 bridgehead atoms. The van der Waals surface area contributed by atoms with E-state index in [0.717, 1.165) is 18.6 Å². The standard InChI is InChI=1S/C13H18BrFN2O3S/c1-4-8(3)17(5-2)13(18)9-6-10(15)12(14)11(7-9)21(16,19)20/h6-8H,4-5H2,1-3H3,(H2,16,19,20). The fraction of sp³-hybridized carbons (Fsp3) is 0.462. The molecule has 0 saturated carbocycles. The molecule has 0 heterocycles. The lowest BCUT2D eigenvalue weighted by Crippen LogP contribution is -2.38. The lowest BCUT2D eigenvalue weighted by molar-refractivity contribution is 0.0699. The van der Waals surface area contributed by atoms with Crippen molar-refractivity contribution in [1.82, 2.24) is 4.90 Å². The summed E-state index contributed by atoms with van der Waals surface area (Å²) in [5, 5.41) is 5.04. The van der Waals surface area contributed by atoms with Crippen LogP contribution in [0.2, 0.25) is 0 Å². The first-order valence-electron chi connectivity index (χ1n) is 6.46. The molecule has 1 rings (SSSR count). The van der Waals surface area contributed by atoms with Crippen LogP contribution in [0.25, 0.3) is 0 Å². The van der Waals surface area contributed by atoms with Gasteiger partial charge in [0.1, 0.15) is 5.82 Å². The molecule has 8 heteroatoms. The van der Waals surface area contributed by atoms with Gasteiger partial charge in [0.2, 0.25) is 10.0 Å². The highest BCUT2D eigenvalue weighted by Crippen LogP contribution is 2.26. The van der Waals surface area contributed by atoms with Crippen molar-refractivity contribution >= 4 is 31.9 Å². The highest BCUT2D eigenvalue weighted by atomic mass is 79.9. The zero-order valence-electron chi connectivity index (χ0n) is 12.1. The number of hydrogen-bond donors (Lipinski definition) is 1. The van der Waals surface area contributed by atoms with Crippen LogP contribution in [0.15, 0.2) is 21.5 Å². The number of halogens is 2. The number of benzene rings is 1. The van der Waals surface area contributed by atoms with Crippen molar-refractivity contribution < 1.29 is 17.6 Å². The van der Waals surface area contributed by atoms with Crippen molar-refractivity contribution in [2.45, 2.75) is 38.1 Å². The van der Waals surface area contributed by atoms with E-state index in [0.29, 0.717) is 6.54 Å². The Bertz CT molecular complexity index is 649.